The first kappa shape index (κ1) is 18.8. The minimum atomic E-state index is -3.90. The van der Waals surface area contributed by atoms with Crippen LogP contribution in [0.1, 0.15) is 25.5 Å². The summed E-state index contributed by atoms with van der Waals surface area (Å²) < 4.78 is 49.0. The van der Waals surface area contributed by atoms with E-state index in [1.807, 2.05) is 6.92 Å². The van der Waals surface area contributed by atoms with Crippen LogP contribution in [0.25, 0.3) is 0 Å². The van der Waals surface area contributed by atoms with Gasteiger partial charge in [0.05, 0.1) is 0 Å². The van der Waals surface area contributed by atoms with Crippen LogP contribution in [-0.2, 0) is 20.0 Å². The Kier molecular flexibility index (Phi) is 5.81. The number of sulfonamides is 2. The summed E-state index contributed by atoms with van der Waals surface area (Å²) in [6, 6.07) is 1.15. The number of nitrogens with zero attached hydrogens (tertiary/aromatic N) is 1. The first-order chi connectivity index (χ1) is 9.21. The molecule has 1 aromatic heterocycles. The Morgan fingerprint density at radius 3 is 2.57 bits per heavy atom. The highest BCUT2D eigenvalue weighted by Crippen LogP contribution is 2.39. The molecule has 0 spiro atoms. The number of nitrogens with one attached hydrogen (secondary N) is 1. The predicted octanol–water partition coefficient (Wildman–Crippen LogP) is 0.492. The summed E-state index contributed by atoms with van der Waals surface area (Å²) >= 11 is 0.715. The van der Waals surface area contributed by atoms with Crippen LogP contribution in [-0.4, -0.2) is 40.8 Å². The molecule has 21 heavy (non-hydrogen) atoms. The van der Waals surface area contributed by atoms with Crippen molar-refractivity contribution in [3.05, 3.63) is 11.6 Å². The number of hydrogen-bond donors (Lipinski definition) is 2. The van der Waals surface area contributed by atoms with E-state index in [1.54, 1.807) is 6.92 Å². The molecule has 1 aliphatic rings. The molecular weight excluding hydrogens is 358 g/mol. The van der Waals surface area contributed by atoms with Crippen LogP contribution in [0.3, 0.4) is 0 Å². The van der Waals surface area contributed by atoms with Crippen LogP contribution in [0, 0.1) is 0 Å². The van der Waals surface area contributed by atoms with Crippen molar-refractivity contribution in [2.75, 3.05) is 19.6 Å². The largest absolute Gasteiger partial charge is 0.309 e. The highest BCUT2D eigenvalue weighted by Gasteiger charge is 2.38. The van der Waals surface area contributed by atoms with E-state index in [4.69, 9.17) is 5.14 Å². The third kappa shape index (κ3) is 3.41. The van der Waals surface area contributed by atoms with E-state index in [2.05, 4.69) is 5.32 Å². The van der Waals surface area contributed by atoms with E-state index >= 15 is 0 Å². The van der Waals surface area contributed by atoms with E-state index in [0.717, 1.165) is 0 Å². The predicted molar refractivity (Wildman–Crippen MR) is 83.8 cm³/mol. The topological polar surface area (TPSA) is 110 Å². The molecule has 1 aliphatic heterocycles. The maximum Gasteiger partial charge on any atom is 0.252 e. The summed E-state index contributed by atoms with van der Waals surface area (Å²) in [6.07, 6.45) is 0. The molecular formula is C10H18ClN3O4S3. The van der Waals surface area contributed by atoms with Crippen molar-refractivity contribution in [2.45, 2.75) is 28.3 Å². The molecule has 2 rings (SSSR count). The highest BCUT2D eigenvalue weighted by atomic mass is 35.5. The normalized spacial score (nSPS) is 21.6. The average molecular weight is 376 g/mol. The van der Waals surface area contributed by atoms with Crippen LogP contribution in [0.5, 0.6) is 0 Å². The number of thiophene rings is 1. The molecule has 0 saturated carbocycles. The third-order valence-electron chi connectivity index (χ3n) is 3.12. The van der Waals surface area contributed by atoms with Gasteiger partial charge in [-0.25, -0.2) is 22.0 Å². The lowest BCUT2D eigenvalue weighted by atomic mass is 10.1. The Bertz CT molecular complexity index is 714. The van der Waals surface area contributed by atoms with E-state index < -0.39 is 20.0 Å². The first-order valence-corrected chi connectivity index (χ1v) is 9.92. The second kappa shape index (κ2) is 6.49. The summed E-state index contributed by atoms with van der Waals surface area (Å²) in [5.41, 5.74) is 0.491. The Hall–Kier alpha value is -0.230. The average Bonchev–Trinajstić information content (AvgIpc) is 2.78. The smallest absolute Gasteiger partial charge is 0.252 e. The molecule has 0 amide bonds. The lowest BCUT2D eigenvalue weighted by Crippen LogP contribution is -2.43. The zero-order valence-electron chi connectivity index (χ0n) is 11.6. The van der Waals surface area contributed by atoms with Crippen molar-refractivity contribution in [1.82, 2.24) is 9.62 Å². The summed E-state index contributed by atoms with van der Waals surface area (Å²) in [5.74, 6) is 0. The molecule has 0 aliphatic carbocycles. The van der Waals surface area contributed by atoms with Crippen LogP contribution < -0.4 is 10.5 Å². The number of likely N-dealkylation sites (N-methyl/N-ethyl adjacent to an activating group) is 2. The number of primary sulfonamides is 1. The number of halogens is 1. The summed E-state index contributed by atoms with van der Waals surface area (Å²) in [5, 5.41) is 8.27. The molecule has 1 aromatic rings. The summed E-state index contributed by atoms with van der Waals surface area (Å²) in [7, 11) is -7.53. The standard InChI is InChI=1S/C10H17N3O4S3.ClH/c1-3-12-8-6-13(4-2)20(16,17)10-7(8)5-9(18-10)19(11,14)15;/h5,8,12H,3-4,6H2,1-2H3,(H2,11,14,15);1H. The van der Waals surface area contributed by atoms with E-state index in [0.29, 0.717) is 36.5 Å². The second-order valence-corrected chi connectivity index (χ2v) is 9.39. The van der Waals surface area contributed by atoms with Gasteiger partial charge < -0.3 is 5.32 Å². The molecule has 2 heterocycles. The molecule has 122 valence electrons. The van der Waals surface area contributed by atoms with Crippen molar-refractivity contribution in [1.29, 1.82) is 0 Å². The Morgan fingerprint density at radius 2 is 2.10 bits per heavy atom. The number of fused-ring (bicyclic) bond motifs is 1. The van der Waals surface area contributed by atoms with Gasteiger partial charge in [-0.3, -0.25) is 0 Å². The molecule has 7 nitrogen and oxygen atoms in total. The van der Waals surface area contributed by atoms with E-state index in [1.165, 1.54) is 10.4 Å². The van der Waals surface area contributed by atoms with Crippen LogP contribution in [0.2, 0.25) is 0 Å². The third-order valence-corrected chi connectivity index (χ3v) is 8.16. The molecule has 3 N–H and O–H groups in total. The van der Waals surface area contributed by atoms with Gasteiger partial charge in [0.2, 0.25) is 10.0 Å². The Morgan fingerprint density at radius 1 is 1.48 bits per heavy atom. The zero-order chi connectivity index (χ0) is 15.1. The summed E-state index contributed by atoms with van der Waals surface area (Å²) in [6.45, 7) is 4.95. The maximum absolute atomic E-state index is 12.4. The number of hydrogen-bond acceptors (Lipinski definition) is 6. The minimum absolute atomic E-state index is 0. The van der Waals surface area contributed by atoms with Crippen molar-refractivity contribution in [3.8, 4) is 0 Å². The fraction of sp³-hybridized carbons (Fsp3) is 0.600. The van der Waals surface area contributed by atoms with Gasteiger partial charge in [-0.1, -0.05) is 13.8 Å². The van der Waals surface area contributed by atoms with Crippen molar-refractivity contribution < 1.29 is 16.8 Å². The van der Waals surface area contributed by atoms with Crippen molar-refractivity contribution in [3.63, 3.8) is 0 Å². The molecule has 11 heteroatoms. The second-order valence-electron chi connectivity index (χ2n) is 4.42. The minimum Gasteiger partial charge on any atom is -0.309 e. The van der Waals surface area contributed by atoms with Crippen molar-refractivity contribution >= 4 is 43.8 Å². The van der Waals surface area contributed by atoms with Gasteiger partial charge in [0, 0.05) is 24.7 Å². The van der Waals surface area contributed by atoms with Gasteiger partial charge in [-0.15, -0.1) is 23.7 Å². The van der Waals surface area contributed by atoms with Gasteiger partial charge >= 0.3 is 0 Å². The molecule has 0 bridgehead atoms. The van der Waals surface area contributed by atoms with Gasteiger partial charge in [-0.2, -0.15) is 4.31 Å². The van der Waals surface area contributed by atoms with Gasteiger partial charge in [0.15, 0.2) is 0 Å². The lowest BCUT2D eigenvalue weighted by molar-refractivity contribution is 0.355. The molecule has 0 radical (unpaired) electrons. The van der Waals surface area contributed by atoms with Crippen LogP contribution in [0.4, 0.5) is 0 Å². The van der Waals surface area contributed by atoms with Gasteiger partial charge in [-0.05, 0) is 12.6 Å². The van der Waals surface area contributed by atoms with Crippen LogP contribution >= 0.6 is 23.7 Å². The van der Waals surface area contributed by atoms with Gasteiger partial charge in [0.25, 0.3) is 10.0 Å². The molecule has 1 unspecified atom stereocenters. The van der Waals surface area contributed by atoms with E-state index in [9.17, 15) is 16.8 Å². The van der Waals surface area contributed by atoms with Gasteiger partial charge in [0.1, 0.15) is 8.42 Å². The number of nitrogens with two attached hydrogens (primary N) is 1. The monoisotopic (exact) mass is 375 g/mol. The fourth-order valence-electron chi connectivity index (χ4n) is 2.19. The van der Waals surface area contributed by atoms with Crippen molar-refractivity contribution in [2.24, 2.45) is 5.14 Å². The first-order valence-electron chi connectivity index (χ1n) is 6.11. The molecule has 0 saturated heterocycles. The molecule has 0 fully saturated rings. The Labute approximate surface area is 135 Å². The summed E-state index contributed by atoms with van der Waals surface area (Å²) in [4.78, 5) is 0. The fourth-order valence-corrected chi connectivity index (χ4v) is 6.46. The molecule has 0 aromatic carbocycles. The quantitative estimate of drug-likeness (QED) is 0.795. The number of rotatable bonds is 4. The maximum atomic E-state index is 12.4. The SMILES string of the molecule is CCNC1CN(CC)S(=O)(=O)c2sc(S(N)(=O)=O)cc21.Cl. The van der Waals surface area contributed by atoms with E-state index in [-0.39, 0.29) is 26.9 Å². The lowest BCUT2D eigenvalue weighted by Gasteiger charge is -2.31. The molecule has 1 atom stereocenters. The zero-order valence-corrected chi connectivity index (χ0v) is 14.8. The highest BCUT2D eigenvalue weighted by molar-refractivity contribution is 7.94. The van der Waals surface area contributed by atoms with Crippen LogP contribution in [0.15, 0.2) is 14.5 Å². The Balaban J connectivity index is 0.00000220.